The van der Waals surface area contributed by atoms with Crippen molar-refractivity contribution in [1.29, 1.82) is 0 Å². The van der Waals surface area contributed by atoms with E-state index in [1.807, 2.05) is 6.92 Å². The second-order valence-corrected chi connectivity index (χ2v) is 7.66. The van der Waals surface area contributed by atoms with Gasteiger partial charge in [-0.15, -0.1) is 0 Å². The van der Waals surface area contributed by atoms with Crippen molar-refractivity contribution in [1.82, 2.24) is 9.78 Å². The molecule has 1 aliphatic carbocycles. The molecule has 8 heteroatoms. The number of carbonyl (C=O) groups is 1. The summed E-state index contributed by atoms with van der Waals surface area (Å²) in [7, 11) is -3.81. The molecule has 0 radical (unpaired) electrons. The number of rotatable bonds is 7. The molecule has 2 N–H and O–H groups in total. The van der Waals surface area contributed by atoms with Crippen LogP contribution in [-0.4, -0.2) is 29.3 Å². The van der Waals surface area contributed by atoms with Crippen molar-refractivity contribution in [2.24, 2.45) is 5.92 Å². The second-order valence-electron chi connectivity index (χ2n) is 5.98. The minimum Gasteiger partial charge on any atom is -0.478 e. The molecule has 7 nitrogen and oxygen atoms in total. The van der Waals surface area contributed by atoms with Gasteiger partial charge in [-0.05, 0) is 42.9 Å². The van der Waals surface area contributed by atoms with Crippen molar-refractivity contribution < 1.29 is 18.3 Å². The topological polar surface area (TPSA) is 101 Å². The van der Waals surface area contributed by atoms with Gasteiger partial charge in [-0.1, -0.05) is 13.0 Å². The molecule has 1 aliphatic rings. The van der Waals surface area contributed by atoms with E-state index in [9.17, 15) is 13.2 Å². The lowest BCUT2D eigenvalue weighted by Gasteiger charge is -2.11. The van der Waals surface area contributed by atoms with Gasteiger partial charge in [0, 0.05) is 12.7 Å². The molecular weight excluding hydrogens is 330 g/mol. The largest absolute Gasteiger partial charge is 0.478 e. The van der Waals surface area contributed by atoms with Gasteiger partial charge < -0.3 is 5.11 Å². The van der Waals surface area contributed by atoms with Crippen LogP contribution in [0.2, 0.25) is 0 Å². The third-order valence-corrected chi connectivity index (χ3v) is 5.36. The van der Waals surface area contributed by atoms with E-state index >= 15 is 0 Å². The van der Waals surface area contributed by atoms with Crippen LogP contribution < -0.4 is 4.72 Å². The summed E-state index contributed by atoms with van der Waals surface area (Å²) in [5, 5.41) is 13.2. The number of nitrogens with zero attached hydrogens (tertiary/aromatic N) is 2. The summed E-state index contributed by atoms with van der Waals surface area (Å²) in [6.45, 7) is 2.60. The fourth-order valence-electron chi connectivity index (χ4n) is 2.46. The maximum absolute atomic E-state index is 12.6. The van der Waals surface area contributed by atoms with Crippen LogP contribution in [0.4, 0.5) is 5.69 Å². The van der Waals surface area contributed by atoms with Crippen LogP contribution in [-0.2, 0) is 23.0 Å². The van der Waals surface area contributed by atoms with Crippen molar-refractivity contribution in [3.8, 4) is 0 Å². The highest BCUT2D eigenvalue weighted by molar-refractivity contribution is 7.92. The summed E-state index contributed by atoms with van der Waals surface area (Å²) < 4.78 is 29.2. The molecule has 0 amide bonds. The fourth-order valence-corrected chi connectivity index (χ4v) is 3.51. The summed E-state index contributed by atoms with van der Waals surface area (Å²) in [5.41, 5.74) is 1.05. The third-order valence-electron chi connectivity index (χ3n) is 4.04. The van der Waals surface area contributed by atoms with Gasteiger partial charge in [-0.2, -0.15) is 5.10 Å². The normalized spacial score (nSPS) is 14.5. The number of hydrogen-bond acceptors (Lipinski definition) is 4. The van der Waals surface area contributed by atoms with Crippen molar-refractivity contribution in [2.75, 3.05) is 4.72 Å². The minimum atomic E-state index is -3.81. The van der Waals surface area contributed by atoms with E-state index in [2.05, 4.69) is 9.82 Å². The average molecular weight is 349 g/mol. The summed E-state index contributed by atoms with van der Waals surface area (Å²) >= 11 is 0. The Kier molecular flexibility index (Phi) is 4.31. The molecule has 128 valence electrons. The molecule has 1 aromatic heterocycles. The Morgan fingerprint density at radius 2 is 2.17 bits per heavy atom. The zero-order chi connectivity index (χ0) is 17.3. The molecule has 1 aromatic carbocycles. The van der Waals surface area contributed by atoms with Crippen molar-refractivity contribution in [3.63, 3.8) is 0 Å². The number of carboxylic acids is 1. The monoisotopic (exact) mass is 349 g/mol. The average Bonchev–Trinajstić information content (AvgIpc) is 3.20. The summed E-state index contributed by atoms with van der Waals surface area (Å²) in [6.07, 6.45) is 5.72. The zero-order valence-electron chi connectivity index (χ0n) is 13.3. The highest BCUT2D eigenvalue weighted by Gasteiger charge is 2.24. The Morgan fingerprint density at radius 3 is 2.79 bits per heavy atom. The van der Waals surface area contributed by atoms with E-state index < -0.39 is 16.0 Å². The maximum Gasteiger partial charge on any atom is 0.335 e. The summed E-state index contributed by atoms with van der Waals surface area (Å²) in [4.78, 5) is 11.2. The first-order chi connectivity index (χ1) is 11.4. The molecule has 3 rings (SSSR count). The van der Waals surface area contributed by atoms with Gasteiger partial charge in [0.25, 0.3) is 10.0 Å². The molecule has 1 saturated carbocycles. The van der Waals surface area contributed by atoms with Crippen molar-refractivity contribution in [2.45, 2.75) is 37.6 Å². The number of benzene rings is 1. The Bertz CT molecular complexity index is 869. The standard InChI is InChI=1S/C16H19N3O4S/c1-2-12-5-6-13(16(20)21)7-15(12)18-24(22,23)14-8-17-19(10-14)9-11-3-4-11/h5-8,10-11,18H,2-4,9H2,1H3,(H,20,21). The third kappa shape index (κ3) is 3.59. The highest BCUT2D eigenvalue weighted by Crippen LogP contribution is 2.30. The Hall–Kier alpha value is -2.35. The van der Waals surface area contributed by atoms with E-state index in [1.165, 1.54) is 24.5 Å². The first kappa shape index (κ1) is 16.5. The number of carboxylic acid groups (broad SMARTS) is 1. The van der Waals surface area contributed by atoms with Gasteiger partial charge in [0.15, 0.2) is 0 Å². The number of sulfonamides is 1. The molecule has 2 aromatic rings. The smallest absolute Gasteiger partial charge is 0.335 e. The van der Waals surface area contributed by atoms with Crippen LogP contribution >= 0.6 is 0 Å². The van der Waals surface area contributed by atoms with Gasteiger partial charge in [-0.25, -0.2) is 13.2 Å². The number of nitrogens with one attached hydrogen (secondary N) is 1. The van der Waals surface area contributed by atoms with Crippen LogP contribution in [0.1, 0.15) is 35.7 Å². The van der Waals surface area contributed by atoms with E-state index in [-0.39, 0.29) is 16.1 Å². The molecule has 0 bridgehead atoms. The molecule has 0 atom stereocenters. The number of aromatic nitrogens is 2. The highest BCUT2D eigenvalue weighted by atomic mass is 32.2. The predicted octanol–water partition coefficient (Wildman–Crippen LogP) is 2.35. The number of anilines is 1. The first-order valence-electron chi connectivity index (χ1n) is 7.80. The first-order valence-corrected chi connectivity index (χ1v) is 9.29. The molecular formula is C16H19N3O4S. The lowest BCUT2D eigenvalue weighted by Crippen LogP contribution is -2.14. The predicted molar refractivity (Wildman–Crippen MR) is 88.5 cm³/mol. The van der Waals surface area contributed by atoms with Crippen LogP contribution in [0.25, 0.3) is 0 Å². The van der Waals surface area contributed by atoms with Crippen molar-refractivity contribution in [3.05, 3.63) is 41.7 Å². The van der Waals surface area contributed by atoms with Crippen LogP contribution in [0.3, 0.4) is 0 Å². The van der Waals surface area contributed by atoms with E-state index in [0.29, 0.717) is 12.3 Å². The van der Waals surface area contributed by atoms with E-state index in [4.69, 9.17) is 5.11 Å². The number of aryl methyl sites for hydroxylation is 1. The SMILES string of the molecule is CCc1ccc(C(=O)O)cc1NS(=O)(=O)c1cnn(CC2CC2)c1. The van der Waals surface area contributed by atoms with Crippen LogP contribution in [0.5, 0.6) is 0 Å². The molecule has 0 aliphatic heterocycles. The fraction of sp³-hybridized carbons (Fsp3) is 0.375. The van der Waals surface area contributed by atoms with Gasteiger partial charge >= 0.3 is 5.97 Å². The quantitative estimate of drug-likeness (QED) is 0.799. The number of aromatic carboxylic acids is 1. The Labute approximate surface area is 140 Å². The lowest BCUT2D eigenvalue weighted by molar-refractivity contribution is 0.0697. The van der Waals surface area contributed by atoms with Gasteiger partial charge in [0.2, 0.25) is 0 Å². The molecule has 1 heterocycles. The van der Waals surface area contributed by atoms with Crippen molar-refractivity contribution >= 4 is 21.7 Å². The molecule has 1 fully saturated rings. The van der Waals surface area contributed by atoms with Gasteiger partial charge in [0.05, 0.1) is 17.4 Å². The molecule has 24 heavy (non-hydrogen) atoms. The maximum atomic E-state index is 12.6. The summed E-state index contributed by atoms with van der Waals surface area (Å²) in [5.74, 6) is -0.511. The van der Waals surface area contributed by atoms with Gasteiger partial charge in [0.1, 0.15) is 4.90 Å². The lowest BCUT2D eigenvalue weighted by atomic mass is 10.1. The molecule has 0 unspecified atom stereocenters. The van der Waals surface area contributed by atoms with Gasteiger partial charge in [-0.3, -0.25) is 9.40 Å². The Balaban J connectivity index is 1.86. The minimum absolute atomic E-state index is 0.0364. The zero-order valence-corrected chi connectivity index (χ0v) is 14.1. The van der Waals surface area contributed by atoms with E-state index in [1.54, 1.807) is 10.7 Å². The molecule has 0 spiro atoms. The Morgan fingerprint density at radius 1 is 1.42 bits per heavy atom. The number of hydrogen-bond donors (Lipinski definition) is 2. The van der Waals surface area contributed by atoms with Crippen LogP contribution in [0.15, 0.2) is 35.5 Å². The van der Waals surface area contributed by atoms with E-state index in [0.717, 1.165) is 24.9 Å². The molecule has 0 saturated heterocycles. The second kappa shape index (κ2) is 6.27. The summed E-state index contributed by atoms with van der Waals surface area (Å²) in [6, 6.07) is 4.43. The van der Waals surface area contributed by atoms with Crippen LogP contribution in [0, 0.1) is 5.92 Å².